The topological polar surface area (TPSA) is 26.3 Å². The van der Waals surface area contributed by atoms with Gasteiger partial charge in [0.1, 0.15) is 6.17 Å². The van der Waals surface area contributed by atoms with Gasteiger partial charge < -0.3 is 4.43 Å². The molecule has 0 amide bonds. The summed E-state index contributed by atoms with van der Waals surface area (Å²) in [4.78, 5) is 12.2. The third-order valence-electron chi connectivity index (χ3n) is 5.08. The molecule has 4 heteroatoms. The normalized spacial score (nSPS) is 22.6. The van der Waals surface area contributed by atoms with E-state index in [1.165, 1.54) is 12.8 Å². The molecule has 1 aliphatic rings. The van der Waals surface area contributed by atoms with Crippen LogP contribution in [0.5, 0.6) is 0 Å². The summed E-state index contributed by atoms with van der Waals surface area (Å²) in [6.45, 7) is 8.40. The second kappa shape index (κ2) is 13.4. The first-order chi connectivity index (χ1) is 12.5. The Morgan fingerprint density at radius 2 is 1.92 bits per heavy atom. The van der Waals surface area contributed by atoms with Crippen molar-refractivity contribution in [3.8, 4) is 0 Å². The summed E-state index contributed by atoms with van der Waals surface area (Å²) in [5.74, 6) is 0.494. The van der Waals surface area contributed by atoms with Crippen LogP contribution in [0, 0.1) is 11.8 Å². The molecule has 1 radical (unpaired) electrons. The maximum atomic E-state index is 14.6. The number of carbonyl (C=O) groups is 1. The lowest BCUT2D eigenvalue weighted by atomic mass is 9.86. The number of carbonyl (C=O) groups excluding carboxylic acids is 1. The molecule has 0 spiro atoms. The van der Waals surface area contributed by atoms with Crippen LogP contribution >= 0.6 is 0 Å². The molecule has 0 bridgehead atoms. The number of allylic oxidation sites excluding steroid dienone is 4. The van der Waals surface area contributed by atoms with Crippen molar-refractivity contribution in [1.82, 2.24) is 0 Å². The molecule has 1 rings (SSSR count). The van der Waals surface area contributed by atoms with Crippen molar-refractivity contribution in [2.45, 2.75) is 97.0 Å². The summed E-state index contributed by atoms with van der Waals surface area (Å²) in [5.41, 5.74) is 0. The Morgan fingerprint density at radius 1 is 1.19 bits per heavy atom. The molecule has 0 heterocycles. The van der Waals surface area contributed by atoms with Crippen molar-refractivity contribution >= 4 is 14.8 Å². The highest BCUT2D eigenvalue weighted by atomic mass is 28.3. The quantitative estimate of drug-likeness (QED) is 0.197. The zero-order valence-corrected chi connectivity index (χ0v) is 18.2. The second-order valence-corrected chi connectivity index (χ2v) is 9.73. The summed E-state index contributed by atoms with van der Waals surface area (Å²) in [7, 11) is -0.930. The molecular formula is C22H38FO2Si. The zero-order valence-electron chi connectivity index (χ0n) is 17.2. The van der Waals surface area contributed by atoms with Gasteiger partial charge in [-0.05, 0) is 57.2 Å². The number of ketones is 1. The van der Waals surface area contributed by atoms with Crippen molar-refractivity contribution in [3.63, 3.8) is 0 Å². The first kappa shape index (κ1) is 23.3. The number of alkyl halides is 1. The van der Waals surface area contributed by atoms with E-state index in [-0.39, 0.29) is 23.7 Å². The van der Waals surface area contributed by atoms with Crippen molar-refractivity contribution in [2.24, 2.45) is 11.8 Å². The van der Waals surface area contributed by atoms with Crippen LogP contribution in [-0.4, -0.2) is 27.1 Å². The predicted octanol–water partition coefficient (Wildman–Crippen LogP) is 6.44. The minimum absolute atomic E-state index is 0.0373. The smallest absolute Gasteiger partial charge is 0.205 e. The Morgan fingerprint density at radius 3 is 2.58 bits per heavy atom. The minimum Gasteiger partial charge on any atom is -0.411 e. The number of hydrogen-bond acceptors (Lipinski definition) is 2. The summed E-state index contributed by atoms with van der Waals surface area (Å²) in [6, 6.07) is 0. The van der Waals surface area contributed by atoms with Crippen molar-refractivity contribution in [3.05, 3.63) is 24.3 Å². The van der Waals surface area contributed by atoms with Crippen molar-refractivity contribution in [2.75, 3.05) is 0 Å². The molecule has 26 heavy (non-hydrogen) atoms. The second-order valence-electron chi connectivity index (χ2n) is 7.68. The Hall–Kier alpha value is -0.743. The lowest BCUT2D eigenvalue weighted by Crippen LogP contribution is -2.31. The molecular weight excluding hydrogens is 343 g/mol. The van der Waals surface area contributed by atoms with Gasteiger partial charge in [0.15, 0.2) is 5.78 Å². The number of hydrogen-bond donors (Lipinski definition) is 0. The average Bonchev–Trinajstić information content (AvgIpc) is 2.96. The highest BCUT2D eigenvalue weighted by molar-refractivity contribution is 6.48. The van der Waals surface area contributed by atoms with Crippen LogP contribution < -0.4 is 0 Å². The average molecular weight is 382 g/mol. The van der Waals surface area contributed by atoms with Gasteiger partial charge >= 0.3 is 0 Å². The van der Waals surface area contributed by atoms with Crippen LogP contribution in [0.1, 0.15) is 71.6 Å². The molecule has 1 aliphatic carbocycles. The van der Waals surface area contributed by atoms with Gasteiger partial charge in [0.25, 0.3) is 0 Å². The van der Waals surface area contributed by atoms with Gasteiger partial charge in [-0.2, -0.15) is 0 Å². The summed E-state index contributed by atoms with van der Waals surface area (Å²) < 4.78 is 20.5. The number of unbranched alkanes of at least 4 members (excludes halogenated alkanes) is 3. The number of rotatable bonds is 14. The fraction of sp³-hybridized carbons (Fsp3) is 0.773. The van der Waals surface area contributed by atoms with E-state index in [4.69, 9.17) is 4.43 Å². The highest BCUT2D eigenvalue weighted by Crippen LogP contribution is 2.31. The Bertz CT molecular complexity index is 447. The van der Waals surface area contributed by atoms with Crippen LogP contribution in [0.4, 0.5) is 4.39 Å². The maximum absolute atomic E-state index is 14.6. The predicted molar refractivity (Wildman–Crippen MR) is 110 cm³/mol. The fourth-order valence-corrected chi connectivity index (χ4v) is 4.39. The van der Waals surface area contributed by atoms with Gasteiger partial charge in [-0.3, -0.25) is 4.79 Å². The van der Waals surface area contributed by atoms with E-state index in [0.717, 1.165) is 32.1 Å². The SMILES string of the molecule is CCCC/C=C\CC1C(=O)C=C[C@@H]1CCC(O[Si](C)C)C(F)CCCC. The Balaban J connectivity index is 2.54. The summed E-state index contributed by atoms with van der Waals surface area (Å²) in [5, 5.41) is 0. The fourth-order valence-electron chi connectivity index (χ4n) is 3.52. The molecule has 0 fully saturated rings. The molecule has 0 N–H and O–H groups in total. The molecule has 149 valence electrons. The molecule has 2 nitrogen and oxygen atoms in total. The molecule has 0 aliphatic heterocycles. The molecule has 0 aromatic heterocycles. The van der Waals surface area contributed by atoms with Crippen molar-refractivity contribution < 1.29 is 13.6 Å². The van der Waals surface area contributed by atoms with Gasteiger partial charge in [-0.15, -0.1) is 0 Å². The third-order valence-corrected chi connectivity index (χ3v) is 5.85. The van der Waals surface area contributed by atoms with Crippen LogP contribution in [0.2, 0.25) is 13.1 Å². The molecule has 0 aromatic rings. The van der Waals surface area contributed by atoms with Gasteiger partial charge in [0.2, 0.25) is 9.04 Å². The van der Waals surface area contributed by atoms with E-state index in [0.29, 0.717) is 12.8 Å². The van der Waals surface area contributed by atoms with E-state index >= 15 is 0 Å². The third kappa shape index (κ3) is 8.76. The zero-order chi connectivity index (χ0) is 19.4. The Labute approximate surface area is 162 Å². The molecule has 0 aromatic carbocycles. The van der Waals surface area contributed by atoms with Gasteiger partial charge in [-0.25, -0.2) is 4.39 Å². The highest BCUT2D eigenvalue weighted by Gasteiger charge is 2.31. The first-order valence-electron chi connectivity index (χ1n) is 10.5. The van der Waals surface area contributed by atoms with E-state index in [1.54, 1.807) is 6.08 Å². The van der Waals surface area contributed by atoms with Crippen LogP contribution in [0.25, 0.3) is 0 Å². The summed E-state index contributed by atoms with van der Waals surface area (Å²) in [6.07, 6.45) is 15.2. The van der Waals surface area contributed by atoms with E-state index in [2.05, 4.69) is 39.1 Å². The first-order valence-corrected chi connectivity index (χ1v) is 12.9. The van der Waals surface area contributed by atoms with Gasteiger partial charge in [0, 0.05) is 5.92 Å². The lowest BCUT2D eigenvalue weighted by Gasteiger charge is -2.26. The standard InChI is InChI=1S/C22H38FO2Si/c1-5-7-9-10-11-12-19-18(14-16-21(19)24)15-17-22(25-26(3)4)20(23)13-8-6-2/h10-11,14,16,18-20,22H,5-9,12-13,15,17H2,1-4H3/b11-10-/t18-,19?,20?,22?/m1/s1. The largest absolute Gasteiger partial charge is 0.411 e. The van der Waals surface area contributed by atoms with E-state index < -0.39 is 15.2 Å². The minimum atomic E-state index is -0.930. The van der Waals surface area contributed by atoms with E-state index in [1.807, 2.05) is 6.08 Å². The van der Waals surface area contributed by atoms with E-state index in [9.17, 15) is 9.18 Å². The summed E-state index contributed by atoms with van der Waals surface area (Å²) >= 11 is 0. The van der Waals surface area contributed by atoms with Gasteiger partial charge in [0.05, 0.1) is 6.10 Å². The van der Waals surface area contributed by atoms with Gasteiger partial charge in [-0.1, -0.05) is 57.8 Å². The molecule has 0 saturated carbocycles. The van der Waals surface area contributed by atoms with Crippen LogP contribution in [0.3, 0.4) is 0 Å². The molecule has 3 unspecified atom stereocenters. The molecule has 0 saturated heterocycles. The van der Waals surface area contributed by atoms with Crippen LogP contribution in [-0.2, 0) is 9.22 Å². The van der Waals surface area contributed by atoms with Crippen molar-refractivity contribution in [1.29, 1.82) is 0 Å². The maximum Gasteiger partial charge on any atom is 0.205 e. The Kier molecular flexibility index (Phi) is 12.0. The number of halogens is 1. The monoisotopic (exact) mass is 381 g/mol. The molecule has 4 atom stereocenters. The lowest BCUT2D eigenvalue weighted by molar-refractivity contribution is -0.118. The van der Waals surface area contributed by atoms with Crippen LogP contribution in [0.15, 0.2) is 24.3 Å².